The number of anilines is 1. The van der Waals surface area contributed by atoms with Crippen LogP contribution in [0.5, 0.6) is 6.01 Å². The second kappa shape index (κ2) is 14.5. The Bertz CT molecular complexity index is 1660. The molecule has 1 fully saturated rings. The third kappa shape index (κ3) is 8.73. The molecule has 14 nitrogen and oxygen atoms in total. The van der Waals surface area contributed by atoms with Crippen LogP contribution < -0.4 is 16.0 Å². The summed E-state index contributed by atoms with van der Waals surface area (Å²) in [5.74, 6) is -0.571. The number of imide groups is 1. The molecule has 0 saturated heterocycles. The highest BCUT2D eigenvalue weighted by atomic mass is 16.6. The number of carbonyl (C=O) groups is 3. The first-order valence-electron chi connectivity index (χ1n) is 15.5. The average Bonchev–Trinajstić information content (AvgIpc) is 3.59. The zero-order valence-electron chi connectivity index (χ0n) is 26.6. The second-order valence-electron chi connectivity index (χ2n) is 12.7. The van der Waals surface area contributed by atoms with Gasteiger partial charge in [0.2, 0.25) is 5.91 Å². The minimum absolute atomic E-state index is 0.181. The number of nitrogens with two attached hydrogens (primary N) is 1. The van der Waals surface area contributed by atoms with E-state index in [1.165, 1.54) is 17.3 Å². The van der Waals surface area contributed by atoms with Crippen LogP contribution in [0.3, 0.4) is 0 Å². The van der Waals surface area contributed by atoms with Crippen LogP contribution in [0.15, 0.2) is 60.9 Å². The van der Waals surface area contributed by atoms with Crippen molar-refractivity contribution in [2.75, 3.05) is 11.4 Å². The van der Waals surface area contributed by atoms with Crippen molar-refractivity contribution in [3.8, 4) is 28.5 Å². The number of ether oxygens (including phenoxy) is 1. The van der Waals surface area contributed by atoms with Crippen LogP contribution in [0, 0.1) is 11.8 Å². The van der Waals surface area contributed by atoms with Crippen molar-refractivity contribution < 1.29 is 24.2 Å². The third-order valence-electron chi connectivity index (χ3n) is 7.99. The predicted octanol–water partition coefficient (Wildman–Crippen LogP) is 3.79. The summed E-state index contributed by atoms with van der Waals surface area (Å²) in [5, 5.41) is 26.1. The number of aromatic nitrogens is 6. The van der Waals surface area contributed by atoms with Crippen LogP contribution in [0.1, 0.15) is 52.0 Å². The number of benzene rings is 2. The van der Waals surface area contributed by atoms with Gasteiger partial charge >= 0.3 is 12.1 Å². The number of nitrogens with zero attached hydrogens (tertiary/aromatic N) is 6. The molecule has 1 saturated carbocycles. The lowest BCUT2D eigenvalue weighted by Crippen LogP contribution is -2.50. The Hall–Kier alpha value is -5.24. The highest BCUT2D eigenvalue weighted by Crippen LogP contribution is 2.32. The number of carbonyl (C=O) groups excluding carboxylic acids is 3. The highest BCUT2D eigenvalue weighted by molar-refractivity contribution is 6.17. The van der Waals surface area contributed by atoms with Gasteiger partial charge in [-0.25, -0.2) is 24.8 Å². The van der Waals surface area contributed by atoms with Crippen molar-refractivity contribution in [3.63, 3.8) is 0 Å². The van der Waals surface area contributed by atoms with Gasteiger partial charge in [-0.3, -0.25) is 9.59 Å². The highest BCUT2D eigenvalue weighted by Gasteiger charge is 2.35. The summed E-state index contributed by atoms with van der Waals surface area (Å²) in [7, 11) is 0. The fourth-order valence-corrected chi connectivity index (χ4v) is 5.61. The van der Waals surface area contributed by atoms with E-state index in [2.05, 4.69) is 35.9 Å². The molecule has 4 aromatic rings. The molecule has 14 heteroatoms. The van der Waals surface area contributed by atoms with Crippen molar-refractivity contribution in [1.29, 1.82) is 0 Å². The second-order valence-corrected chi connectivity index (χ2v) is 12.7. The van der Waals surface area contributed by atoms with Crippen LogP contribution in [0.25, 0.3) is 22.5 Å². The van der Waals surface area contributed by atoms with Crippen molar-refractivity contribution in [1.82, 2.24) is 35.9 Å². The van der Waals surface area contributed by atoms with Gasteiger partial charge in [-0.1, -0.05) is 24.3 Å². The van der Waals surface area contributed by atoms with Gasteiger partial charge < -0.3 is 20.9 Å². The summed E-state index contributed by atoms with van der Waals surface area (Å²) < 4.78 is 5.34. The Balaban J connectivity index is 1.30. The molecule has 0 bridgehead atoms. The number of hydrogen-bond acceptors (Lipinski definition) is 11. The first-order chi connectivity index (χ1) is 22.5. The summed E-state index contributed by atoms with van der Waals surface area (Å²) in [4.78, 5) is 49.1. The number of H-pyrrole nitrogens is 1. The zero-order chi connectivity index (χ0) is 33.6. The van der Waals surface area contributed by atoms with E-state index in [0.29, 0.717) is 54.9 Å². The lowest BCUT2D eigenvalue weighted by Gasteiger charge is -2.32. The molecule has 2 heterocycles. The SMILES string of the molecule is CC(C)(C)OC(=O)NC[C@H]1CC[C@H](C(=O)N(C(=O)[C@@H](N)Cc2cccc(-c3cnc(O)nc3)c2)c2ccc(-c3nnn[nH]3)cc2)CC1. The molecule has 2 aromatic carbocycles. The van der Waals surface area contributed by atoms with E-state index in [1.807, 2.05) is 45.0 Å². The number of aromatic amines is 1. The summed E-state index contributed by atoms with van der Waals surface area (Å²) in [6, 6.07) is 12.9. The molecule has 246 valence electrons. The average molecular weight is 642 g/mol. The summed E-state index contributed by atoms with van der Waals surface area (Å²) in [6.45, 7) is 5.89. The van der Waals surface area contributed by atoms with Gasteiger partial charge in [0.05, 0.1) is 11.7 Å². The zero-order valence-corrected chi connectivity index (χ0v) is 26.6. The van der Waals surface area contributed by atoms with Gasteiger partial charge in [0.25, 0.3) is 5.91 Å². The summed E-state index contributed by atoms with van der Waals surface area (Å²) >= 11 is 0. The molecule has 0 aliphatic heterocycles. The van der Waals surface area contributed by atoms with Crippen molar-refractivity contribution in [3.05, 3.63) is 66.5 Å². The van der Waals surface area contributed by atoms with E-state index >= 15 is 0 Å². The van der Waals surface area contributed by atoms with Gasteiger partial charge in [-0.2, -0.15) is 0 Å². The molecule has 0 radical (unpaired) electrons. The quantitative estimate of drug-likeness (QED) is 0.207. The Morgan fingerprint density at radius 3 is 2.36 bits per heavy atom. The molecule has 1 aliphatic rings. The first-order valence-corrected chi connectivity index (χ1v) is 15.5. The Kier molecular flexibility index (Phi) is 10.2. The maximum Gasteiger partial charge on any atom is 0.407 e. The van der Waals surface area contributed by atoms with E-state index in [-0.39, 0.29) is 30.2 Å². The summed E-state index contributed by atoms with van der Waals surface area (Å²) in [6.07, 6.45) is 5.29. The maximum atomic E-state index is 14.1. The predicted molar refractivity (Wildman–Crippen MR) is 173 cm³/mol. The van der Waals surface area contributed by atoms with E-state index in [0.717, 1.165) is 11.1 Å². The van der Waals surface area contributed by atoms with E-state index < -0.39 is 23.6 Å². The largest absolute Gasteiger partial charge is 0.479 e. The van der Waals surface area contributed by atoms with Crippen LogP contribution in [0.4, 0.5) is 10.5 Å². The fourth-order valence-electron chi connectivity index (χ4n) is 5.61. The van der Waals surface area contributed by atoms with Crippen molar-refractivity contribution in [2.45, 2.75) is 64.5 Å². The maximum absolute atomic E-state index is 14.1. The Morgan fingerprint density at radius 1 is 1.02 bits per heavy atom. The van der Waals surface area contributed by atoms with E-state index in [1.54, 1.807) is 24.3 Å². The number of tetrazole rings is 1. The fraction of sp³-hybridized carbons (Fsp3) is 0.394. The van der Waals surface area contributed by atoms with Gasteiger partial charge in [0.1, 0.15) is 5.60 Å². The molecule has 5 rings (SSSR count). The lowest BCUT2D eigenvalue weighted by atomic mass is 9.81. The van der Waals surface area contributed by atoms with Gasteiger partial charge in [-0.15, -0.1) is 5.10 Å². The lowest BCUT2D eigenvalue weighted by molar-refractivity contribution is -0.130. The Labute approximate surface area is 272 Å². The number of rotatable bonds is 9. The van der Waals surface area contributed by atoms with Crippen LogP contribution in [-0.2, 0) is 20.7 Å². The monoisotopic (exact) mass is 641 g/mol. The van der Waals surface area contributed by atoms with Gasteiger partial charge in [0, 0.05) is 36.0 Å². The Morgan fingerprint density at radius 2 is 1.72 bits per heavy atom. The van der Waals surface area contributed by atoms with E-state index in [9.17, 15) is 19.5 Å². The number of hydrogen-bond donors (Lipinski definition) is 4. The molecular formula is C33H39N9O5. The third-order valence-corrected chi connectivity index (χ3v) is 7.99. The standard InChI is InChI=1S/C33H39N9O5/c1-33(2,3)47-32(46)37-17-20-7-9-23(10-8-20)29(43)42(26-13-11-22(12-14-26)28-38-40-41-39-28)30(44)27(34)16-21-5-4-6-24(15-21)25-18-35-31(45)36-19-25/h4-6,11-15,18-20,23,27H,7-10,16-17,34H2,1-3H3,(H,37,46)(H,35,36,45)(H,38,39,40,41)/t20-,23-,27-/m0/s1. The van der Waals surface area contributed by atoms with Gasteiger partial charge in [-0.05, 0) is 105 Å². The molecule has 0 spiro atoms. The topological polar surface area (TPSA) is 202 Å². The van der Waals surface area contributed by atoms with Crippen molar-refractivity contribution >= 4 is 23.6 Å². The number of alkyl carbamates (subject to hydrolysis) is 1. The van der Waals surface area contributed by atoms with E-state index in [4.69, 9.17) is 10.5 Å². The molecule has 0 unspecified atom stereocenters. The van der Waals surface area contributed by atoms with Crippen LogP contribution in [-0.4, -0.2) is 71.8 Å². The molecule has 1 atom stereocenters. The molecule has 1 aliphatic carbocycles. The smallest absolute Gasteiger partial charge is 0.407 e. The molecule has 3 amide bonds. The van der Waals surface area contributed by atoms with Gasteiger partial charge in [0.15, 0.2) is 5.82 Å². The normalized spacial score (nSPS) is 17.0. The minimum Gasteiger partial charge on any atom is -0.479 e. The summed E-state index contributed by atoms with van der Waals surface area (Å²) in [5.41, 5.74) is 9.30. The van der Waals surface area contributed by atoms with Crippen molar-refractivity contribution in [2.24, 2.45) is 17.6 Å². The molecule has 2 aromatic heterocycles. The molecular weight excluding hydrogens is 602 g/mol. The molecule has 47 heavy (non-hydrogen) atoms. The minimum atomic E-state index is -1.02. The van der Waals surface area contributed by atoms with Crippen LogP contribution in [0.2, 0.25) is 0 Å². The number of aromatic hydroxyl groups is 1. The number of nitrogens with one attached hydrogen (secondary N) is 2. The number of amides is 3. The molecule has 5 N–H and O–H groups in total. The first kappa shape index (κ1) is 33.1. The van der Waals surface area contributed by atoms with Crippen LogP contribution >= 0.6 is 0 Å².